The van der Waals surface area contributed by atoms with Gasteiger partial charge in [0.15, 0.2) is 0 Å². The molecule has 0 bridgehead atoms. The van der Waals surface area contributed by atoms with Crippen LogP contribution in [0.15, 0.2) is 24.3 Å². The summed E-state index contributed by atoms with van der Waals surface area (Å²) in [6.07, 6.45) is 1.74. The summed E-state index contributed by atoms with van der Waals surface area (Å²) in [4.78, 5) is 10.7. The van der Waals surface area contributed by atoms with Gasteiger partial charge in [-0.3, -0.25) is 10.1 Å². The van der Waals surface area contributed by atoms with Gasteiger partial charge in [0.25, 0.3) is 5.69 Å². The SMILES string of the molecule is CCC(CC)(CO)CNC(C)c1ccccc1[N+](=O)[O-]. The summed E-state index contributed by atoms with van der Waals surface area (Å²) in [5, 5.41) is 23.9. The average Bonchev–Trinajstić information content (AvgIpc) is 2.49. The van der Waals surface area contributed by atoms with Gasteiger partial charge in [-0.25, -0.2) is 0 Å². The Labute approximate surface area is 120 Å². The highest BCUT2D eigenvalue weighted by atomic mass is 16.6. The molecule has 0 aliphatic rings. The maximum atomic E-state index is 11.0. The second-order valence-corrected chi connectivity index (χ2v) is 5.28. The fraction of sp³-hybridized carbons (Fsp3) is 0.600. The second kappa shape index (κ2) is 7.36. The number of nitrogens with zero attached hydrogens (tertiary/aromatic N) is 1. The fourth-order valence-corrected chi connectivity index (χ4v) is 2.28. The lowest BCUT2D eigenvalue weighted by Gasteiger charge is -2.31. The van der Waals surface area contributed by atoms with Crippen molar-refractivity contribution in [2.75, 3.05) is 13.2 Å². The molecular weight excluding hydrogens is 256 g/mol. The van der Waals surface area contributed by atoms with E-state index in [2.05, 4.69) is 19.2 Å². The summed E-state index contributed by atoms with van der Waals surface area (Å²) in [6, 6.07) is 6.64. The third-order valence-electron chi connectivity index (χ3n) is 4.22. The topological polar surface area (TPSA) is 75.4 Å². The van der Waals surface area contributed by atoms with Crippen molar-refractivity contribution < 1.29 is 10.0 Å². The first kappa shape index (κ1) is 16.6. The van der Waals surface area contributed by atoms with E-state index in [1.807, 2.05) is 6.92 Å². The lowest BCUT2D eigenvalue weighted by Crippen LogP contribution is -2.37. The van der Waals surface area contributed by atoms with E-state index in [-0.39, 0.29) is 28.7 Å². The maximum Gasteiger partial charge on any atom is 0.274 e. The number of nitro benzene ring substituents is 1. The van der Waals surface area contributed by atoms with Crippen molar-refractivity contribution in [3.63, 3.8) is 0 Å². The number of hydrogen-bond donors (Lipinski definition) is 2. The first-order valence-corrected chi connectivity index (χ1v) is 7.07. The molecule has 0 radical (unpaired) electrons. The van der Waals surface area contributed by atoms with Crippen molar-refractivity contribution in [1.29, 1.82) is 0 Å². The van der Waals surface area contributed by atoms with Gasteiger partial charge in [0.2, 0.25) is 0 Å². The number of aliphatic hydroxyl groups is 1. The van der Waals surface area contributed by atoms with Gasteiger partial charge in [0.05, 0.1) is 4.92 Å². The largest absolute Gasteiger partial charge is 0.396 e. The smallest absolute Gasteiger partial charge is 0.274 e. The number of aliphatic hydroxyl groups excluding tert-OH is 1. The quantitative estimate of drug-likeness (QED) is 0.567. The summed E-state index contributed by atoms with van der Waals surface area (Å²) in [5.41, 5.74) is 0.657. The van der Waals surface area contributed by atoms with E-state index in [0.29, 0.717) is 12.1 Å². The molecule has 1 unspecified atom stereocenters. The zero-order chi connectivity index (χ0) is 15.2. The molecule has 0 heterocycles. The molecule has 0 fully saturated rings. The molecular formula is C15H24N2O3. The lowest BCUT2D eigenvalue weighted by atomic mass is 9.83. The lowest BCUT2D eigenvalue weighted by molar-refractivity contribution is -0.385. The van der Waals surface area contributed by atoms with Gasteiger partial charge in [-0.2, -0.15) is 0 Å². The van der Waals surface area contributed by atoms with Crippen molar-refractivity contribution in [3.05, 3.63) is 39.9 Å². The molecule has 0 saturated heterocycles. The van der Waals surface area contributed by atoms with Crippen LogP contribution in [-0.2, 0) is 0 Å². The van der Waals surface area contributed by atoms with Crippen LogP contribution in [0.1, 0.15) is 45.2 Å². The number of para-hydroxylation sites is 1. The van der Waals surface area contributed by atoms with Gasteiger partial charge < -0.3 is 10.4 Å². The maximum absolute atomic E-state index is 11.0. The summed E-state index contributed by atoms with van der Waals surface area (Å²) < 4.78 is 0. The first-order valence-electron chi connectivity index (χ1n) is 7.07. The summed E-state index contributed by atoms with van der Waals surface area (Å²) in [6.45, 7) is 6.78. The zero-order valence-electron chi connectivity index (χ0n) is 12.4. The van der Waals surface area contributed by atoms with Crippen LogP contribution in [0.5, 0.6) is 0 Å². The van der Waals surface area contributed by atoms with E-state index in [9.17, 15) is 15.2 Å². The average molecular weight is 280 g/mol. The van der Waals surface area contributed by atoms with Crippen molar-refractivity contribution >= 4 is 5.69 Å². The van der Waals surface area contributed by atoms with Gasteiger partial charge in [-0.15, -0.1) is 0 Å². The Morgan fingerprint density at radius 3 is 2.45 bits per heavy atom. The van der Waals surface area contributed by atoms with Crippen LogP contribution in [0, 0.1) is 15.5 Å². The molecule has 5 nitrogen and oxygen atoms in total. The first-order chi connectivity index (χ1) is 9.49. The predicted octanol–water partition coefficient (Wildman–Crippen LogP) is 3.04. The predicted molar refractivity (Wildman–Crippen MR) is 79.6 cm³/mol. The minimum absolute atomic E-state index is 0.122. The Bertz CT molecular complexity index is 436. The Morgan fingerprint density at radius 1 is 1.35 bits per heavy atom. The Morgan fingerprint density at radius 2 is 1.95 bits per heavy atom. The molecule has 5 heteroatoms. The van der Waals surface area contributed by atoms with Crippen molar-refractivity contribution in [3.8, 4) is 0 Å². The fourth-order valence-electron chi connectivity index (χ4n) is 2.28. The van der Waals surface area contributed by atoms with Gasteiger partial charge in [0, 0.05) is 36.2 Å². The van der Waals surface area contributed by atoms with Crippen LogP contribution in [0.2, 0.25) is 0 Å². The molecule has 0 aromatic heterocycles. The van der Waals surface area contributed by atoms with E-state index >= 15 is 0 Å². The molecule has 0 aliphatic heterocycles. The molecule has 1 aromatic carbocycles. The normalized spacial score (nSPS) is 13.2. The van der Waals surface area contributed by atoms with Gasteiger partial charge in [0.1, 0.15) is 0 Å². The highest BCUT2D eigenvalue weighted by Crippen LogP contribution is 2.28. The minimum Gasteiger partial charge on any atom is -0.396 e. The Kier molecular flexibility index (Phi) is 6.10. The van der Waals surface area contributed by atoms with Crippen LogP contribution in [0.25, 0.3) is 0 Å². The Balaban J connectivity index is 2.82. The van der Waals surface area contributed by atoms with Gasteiger partial charge >= 0.3 is 0 Å². The molecule has 20 heavy (non-hydrogen) atoms. The number of benzene rings is 1. The summed E-state index contributed by atoms with van der Waals surface area (Å²) in [7, 11) is 0. The van der Waals surface area contributed by atoms with E-state index < -0.39 is 0 Å². The van der Waals surface area contributed by atoms with Crippen molar-refractivity contribution in [2.24, 2.45) is 5.41 Å². The van der Waals surface area contributed by atoms with Gasteiger partial charge in [-0.1, -0.05) is 32.0 Å². The van der Waals surface area contributed by atoms with Crippen LogP contribution >= 0.6 is 0 Å². The molecule has 112 valence electrons. The van der Waals surface area contributed by atoms with Crippen LogP contribution < -0.4 is 5.32 Å². The molecule has 1 rings (SSSR count). The molecule has 0 amide bonds. The molecule has 0 saturated carbocycles. The zero-order valence-corrected chi connectivity index (χ0v) is 12.4. The van der Waals surface area contributed by atoms with Crippen LogP contribution in [-0.4, -0.2) is 23.2 Å². The van der Waals surface area contributed by atoms with Crippen LogP contribution in [0.3, 0.4) is 0 Å². The number of nitro groups is 1. The summed E-state index contributed by atoms with van der Waals surface area (Å²) in [5.74, 6) is 0. The van der Waals surface area contributed by atoms with Gasteiger partial charge in [-0.05, 0) is 19.8 Å². The molecule has 2 N–H and O–H groups in total. The number of nitrogens with one attached hydrogen (secondary N) is 1. The Hall–Kier alpha value is -1.46. The molecule has 0 aliphatic carbocycles. The van der Waals surface area contributed by atoms with Crippen LogP contribution in [0.4, 0.5) is 5.69 Å². The third kappa shape index (κ3) is 3.77. The highest BCUT2D eigenvalue weighted by molar-refractivity contribution is 5.41. The van der Waals surface area contributed by atoms with E-state index in [1.165, 1.54) is 6.07 Å². The van der Waals surface area contributed by atoms with E-state index in [0.717, 1.165) is 12.8 Å². The van der Waals surface area contributed by atoms with Crippen molar-refractivity contribution in [1.82, 2.24) is 5.32 Å². The highest BCUT2D eigenvalue weighted by Gasteiger charge is 2.26. The molecule has 1 aromatic rings. The second-order valence-electron chi connectivity index (χ2n) is 5.28. The summed E-state index contributed by atoms with van der Waals surface area (Å²) >= 11 is 0. The minimum atomic E-state index is -0.355. The number of hydrogen-bond acceptors (Lipinski definition) is 4. The standard InChI is InChI=1S/C15H24N2O3/c1-4-15(5-2,11-18)10-16-12(3)13-8-6-7-9-14(13)17(19)20/h6-9,12,16,18H,4-5,10-11H2,1-3H3. The monoisotopic (exact) mass is 280 g/mol. The third-order valence-corrected chi connectivity index (χ3v) is 4.22. The van der Waals surface area contributed by atoms with E-state index in [1.54, 1.807) is 18.2 Å². The number of rotatable bonds is 8. The molecule has 0 spiro atoms. The molecule has 1 atom stereocenters. The van der Waals surface area contributed by atoms with E-state index in [4.69, 9.17) is 0 Å². The van der Waals surface area contributed by atoms with Crippen molar-refractivity contribution in [2.45, 2.75) is 39.7 Å².